The molecule has 0 aliphatic carbocycles. The van der Waals surface area contributed by atoms with Crippen LogP contribution in [0.25, 0.3) is 0 Å². The lowest BCUT2D eigenvalue weighted by Gasteiger charge is -2.11. The number of hydrogen-bond acceptors (Lipinski definition) is 1. The van der Waals surface area contributed by atoms with E-state index in [2.05, 4.69) is 33.4 Å². The summed E-state index contributed by atoms with van der Waals surface area (Å²) in [5.41, 5.74) is 4.41. The molecule has 0 aromatic carbocycles. The van der Waals surface area contributed by atoms with E-state index in [9.17, 15) is 5.11 Å². The van der Waals surface area contributed by atoms with Gasteiger partial charge in [-0.3, -0.25) is 0 Å². The highest BCUT2D eigenvalue weighted by Gasteiger charge is 2.06. The van der Waals surface area contributed by atoms with E-state index in [1.807, 2.05) is 13.0 Å². The molecular weight excluding hydrogens is 172 g/mol. The molecule has 0 aliphatic heterocycles. The standard InChI is InChI=1S/C13H24O/c1-6-7-8-12(11(2)14)9-10-13(3,4)5/h10-11,14H,6-8H2,1-5H3/t9?,11-/m1/s1. The minimum atomic E-state index is -0.361. The van der Waals surface area contributed by atoms with Crippen molar-refractivity contribution in [1.29, 1.82) is 0 Å². The molecule has 14 heavy (non-hydrogen) atoms. The Balaban J connectivity index is 4.56. The van der Waals surface area contributed by atoms with Gasteiger partial charge in [0.1, 0.15) is 0 Å². The molecule has 82 valence electrons. The smallest absolute Gasteiger partial charge is 0.0795 e. The van der Waals surface area contributed by atoms with Crippen molar-refractivity contribution < 1.29 is 5.11 Å². The zero-order valence-electron chi connectivity index (χ0n) is 10.2. The molecule has 0 heterocycles. The van der Waals surface area contributed by atoms with Crippen molar-refractivity contribution in [2.24, 2.45) is 5.41 Å². The second-order valence-corrected chi connectivity index (χ2v) is 4.96. The van der Waals surface area contributed by atoms with Gasteiger partial charge in [0.05, 0.1) is 6.10 Å². The molecule has 0 aromatic heterocycles. The van der Waals surface area contributed by atoms with Gasteiger partial charge in [-0.25, -0.2) is 0 Å². The quantitative estimate of drug-likeness (QED) is 0.680. The first-order valence-corrected chi connectivity index (χ1v) is 5.51. The predicted octanol–water partition coefficient (Wildman–Crippen LogP) is 3.69. The molecule has 1 atom stereocenters. The molecule has 0 spiro atoms. The van der Waals surface area contributed by atoms with Gasteiger partial charge in [0.25, 0.3) is 0 Å². The summed E-state index contributed by atoms with van der Waals surface area (Å²) in [6, 6.07) is 0. The number of unbranched alkanes of at least 4 members (excludes halogenated alkanes) is 1. The van der Waals surface area contributed by atoms with E-state index < -0.39 is 0 Å². The van der Waals surface area contributed by atoms with Crippen LogP contribution in [0.5, 0.6) is 0 Å². The molecule has 0 saturated heterocycles. The number of hydrogen-bond donors (Lipinski definition) is 1. The van der Waals surface area contributed by atoms with Gasteiger partial charge in [-0.15, -0.1) is 5.73 Å². The van der Waals surface area contributed by atoms with Crippen LogP contribution in [0.1, 0.15) is 53.9 Å². The van der Waals surface area contributed by atoms with Gasteiger partial charge in [0.15, 0.2) is 0 Å². The van der Waals surface area contributed by atoms with E-state index >= 15 is 0 Å². The Morgan fingerprint density at radius 2 is 2.00 bits per heavy atom. The van der Waals surface area contributed by atoms with Gasteiger partial charge in [-0.1, -0.05) is 34.1 Å². The van der Waals surface area contributed by atoms with Gasteiger partial charge >= 0.3 is 0 Å². The lowest BCUT2D eigenvalue weighted by Crippen LogP contribution is -2.04. The average molecular weight is 196 g/mol. The van der Waals surface area contributed by atoms with Crippen LogP contribution in [-0.4, -0.2) is 11.2 Å². The number of aliphatic hydroxyl groups is 1. The Morgan fingerprint density at radius 1 is 1.43 bits per heavy atom. The third-order valence-electron chi connectivity index (χ3n) is 1.99. The molecule has 0 saturated carbocycles. The van der Waals surface area contributed by atoms with Crippen LogP contribution >= 0.6 is 0 Å². The highest BCUT2D eigenvalue weighted by atomic mass is 16.3. The van der Waals surface area contributed by atoms with Crippen LogP contribution in [0.15, 0.2) is 17.4 Å². The second-order valence-electron chi connectivity index (χ2n) is 4.96. The SMILES string of the molecule is CCCCC(=C=CC(C)(C)C)[C@@H](C)O. The van der Waals surface area contributed by atoms with Gasteiger partial charge in [-0.2, -0.15) is 0 Å². The highest BCUT2D eigenvalue weighted by molar-refractivity contribution is 5.08. The minimum Gasteiger partial charge on any atom is -0.388 e. The summed E-state index contributed by atoms with van der Waals surface area (Å²) in [5, 5.41) is 9.52. The predicted molar refractivity (Wildman–Crippen MR) is 62.3 cm³/mol. The summed E-state index contributed by atoms with van der Waals surface area (Å²) >= 11 is 0. The molecule has 1 N–H and O–H groups in total. The molecule has 1 nitrogen and oxygen atoms in total. The van der Waals surface area contributed by atoms with Gasteiger partial charge < -0.3 is 5.11 Å². The normalized spacial score (nSPS) is 13.3. The van der Waals surface area contributed by atoms with Crippen molar-refractivity contribution >= 4 is 0 Å². The summed E-state index contributed by atoms with van der Waals surface area (Å²) < 4.78 is 0. The van der Waals surface area contributed by atoms with Crippen molar-refractivity contribution in [1.82, 2.24) is 0 Å². The first kappa shape index (κ1) is 13.5. The number of aliphatic hydroxyl groups excluding tert-OH is 1. The highest BCUT2D eigenvalue weighted by Crippen LogP contribution is 2.16. The lowest BCUT2D eigenvalue weighted by molar-refractivity contribution is 0.226. The number of rotatable bonds is 4. The Morgan fingerprint density at radius 3 is 2.36 bits per heavy atom. The van der Waals surface area contributed by atoms with Gasteiger partial charge in [0, 0.05) is 0 Å². The molecule has 0 bridgehead atoms. The molecular formula is C13H24O. The largest absolute Gasteiger partial charge is 0.388 e. The fourth-order valence-electron chi connectivity index (χ4n) is 1.08. The summed E-state index contributed by atoms with van der Waals surface area (Å²) in [6.45, 7) is 10.4. The second kappa shape index (κ2) is 6.06. The third-order valence-corrected chi connectivity index (χ3v) is 1.99. The van der Waals surface area contributed by atoms with Crippen molar-refractivity contribution in [3.05, 3.63) is 17.4 Å². The van der Waals surface area contributed by atoms with Crippen LogP contribution < -0.4 is 0 Å². The molecule has 0 aromatic rings. The zero-order valence-corrected chi connectivity index (χ0v) is 10.2. The maximum absolute atomic E-state index is 9.52. The van der Waals surface area contributed by atoms with Crippen LogP contribution in [-0.2, 0) is 0 Å². The van der Waals surface area contributed by atoms with Crippen LogP contribution in [0.3, 0.4) is 0 Å². The van der Waals surface area contributed by atoms with Crippen molar-refractivity contribution in [2.45, 2.75) is 60.0 Å². The summed E-state index contributed by atoms with van der Waals surface area (Å²) in [7, 11) is 0. The summed E-state index contributed by atoms with van der Waals surface area (Å²) in [6.07, 6.45) is 4.93. The van der Waals surface area contributed by atoms with Crippen LogP contribution in [0, 0.1) is 5.41 Å². The maximum atomic E-state index is 9.52. The molecule has 0 rings (SSSR count). The average Bonchev–Trinajstić information content (AvgIpc) is 2.01. The monoisotopic (exact) mass is 196 g/mol. The van der Waals surface area contributed by atoms with Crippen molar-refractivity contribution in [3.63, 3.8) is 0 Å². The Hall–Kier alpha value is -0.520. The minimum absolute atomic E-state index is 0.145. The first-order chi connectivity index (χ1) is 6.37. The van der Waals surface area contributed by atoms with Crippen LogP contribution in [0.4, 0.5) is 0 Å². The van der Waals surface area contributed by atoms with E-state index in [0.717, 1.165) is 24.8 Å². The molecule has 0 radical (unpaired) electrons. The molecule has 1 heteroatoms. The topological polar surface area (TPSA) is 20.2 Å². The van der Waals surface area contributed by atoms with E-state index in [0.29, 0.717) is 0 Å². The van der Waals surface area contributed by atoms with Gasteiger partial charge in [0.2, 0.25) is 0 Å². The van der Waals surface area contributed by atoms with Crippen molar-refractivity contribution in [2.75, 3.05) is 0 Å². The summed E-state index contributed by atoms with van der Waals surface area (Å²) in [5.74, 6) is 0. The van der Waals surface area contributed by atoms with Crippen molar-refractivity contribution in [3.8, 4) is 0 Å². The van der Waals surface area contributed by atoms with E-state index in [4.69, 9.17) is 0 Å². The van der Waals surface area contributed by atoms with Crippen LogP contribution in [0.2, 0.25) is 0 Å². The Bertz CT molecular complexity index is 212. The maximum Gasteiger partial charge on any atom is 0.0795 e. The third kappa shape index (κ3) is 6.94. The Labute approximate surface area is 88.5 Å². The molecule has 0 unspecified atom stereocenters. The fraction of sp³-hybridized carbons (Fsp3) is 0.769. The molecule has 0 aliphatic rings. The first-order valence-electron chi connectivity index (χ1n) is 5.51. The Kier molecular flexibility index (Phi) is 5.83. The lowest BCUT2D eigenvalue weighted by atomic mass is 9.95. The zero-order chi connectivity index (χ0) is 11.2. The van der Waals surface area contributed by atoms with E-state index in [-0.39, 0.29) is 11.5 Å². The summed E-state index contributed by atoms with van der Waals surface area (Å²) in [4.78, 5) is 0. The van der Waals surface area contributed by atoms with E-state index in [1.54, 1.807) is 0 Å². The fourth-order valence-corrected chi connectivity index (χ4v) is 1.08. The molecule has 0 fully saturated rings. The van der Waals surface area contributed by atoms with E-state index in [1.165, 1.54) is 0 Å². The molecule has 0 amide bonds. The van der Waals surface area contributed by atoms with Gasteiger partial charge in [-0.05, 0) is 36.8 Å².